The second-order valence-electron chi connectivity index (χ2n) is 7.09. The third kappa shape index (κ3) is 4.36. The van der Waals surface area contributed by atoms with Gasteiger partial charge in [0.15, 0.2) is 5.82 Å². The van der Waals surface area contributed by atoms with E-state index in [1.807, 2.05) is 13.8 Å². The Labute approximate surface area is 180 Å². The number of carbonyl (C=O) groups excluding carboxylic acids is 1. The summed E-state index contributed by atoms with van der Waals surface area (Å²) in [5.41, 5.74) is 1.79. The van der Waals surface area contributed by atoms with Gasteiger partial charge in [0.25, 0.3) is 11.9 Å². The highest BCUT2D eigenvalue weighted by Gasteiger charge is 2.20. The molecule has 3 heterocycles. The zero-order chi connectivity index (χ0) is 22.8. The van der Waals surface area contributed by atoms with E-state index in [4.69, 9.17) is 0 Å². The molecule has 32 heavy (non-hydrogen) atoms. The molecular weight excluding hydrogens is 425 g/mol. The molecule has 0 saturated heterocycles. The number of halogens is 3. The first-order chi connectivity index (χ1) is 15.3. The van der Waals surface area contributed by atoms with Crippen LogP contribution < -0.4 is 10.1 Å². The van der Waals surface area contributed by atoms with Gasteiger partial charge >= 0.3 is 6.61 Å². The van der Waals surface area contributed by atoms with Crippen LogP contribution in [0.3, 0.4) is 0 Å². The van der Waals surface area contributed by atoms with Crippen LogP contribution in [0, 0.1) is 5.82 Å². The van der Waals surface area contributed by atoms with Crippen molar-refractivity contribution in [2.45, 2.75) is 26.5 Å². The first kappa shape index (κ1) is 21.2. The number of hydrogen-bond donors (Lipinski definition) is 1. The lowest BCUT2D eigenvalue weighted by Crippen LogP contribution is -2.30. The smallest absolute Gasteiger partial charge is 0.387 e. The van der Waals surface area contributed by atoms with Gasteiger partial charge < -0.3 is 10.1 Å². The summed E-state index contributed by atoms with van der Waals surface area (Å²) in [5.74, 6) is -0.967. The Morgan fingerprint density at radius 2 is 1.84 bits per heavy atom. The summed E-state index contributed by atoms with van der Waals surface area (Å²) in [6.45, 7) is 0.674. The number of fused-ring (bicyclic) bond motifs is 1. The van der Waals surface area contributed by atoms with Crippen molar-refractivity contribution in [1.82, 2.24) is 30.0 Å². The number of pyridine rings is 1. The Kier molecular flexibility index (Phi) is 5.71. The zero-order valence-electron chi connectivity index (χ0n) is 17.0. The van der Waals surface area contributed by atoms with Crippen LogP contribution in [-0.2, 0) is 0 Å². The fourth-order valence-electron chi connectivity index (χ4n) is 3.05. The van der Waals surface area contributed by atoms with Crippen LogP contribution in [0.2, 0.25) is 0 Å². The number of carbonyl (C=O) groups is 1. The first-order valence-corrected chi connectivity index (χ1v) is 9.54. The molecule has 4 aromatic rings. The van der Waals surface area contributed by atoms with Crippen molar-refractivity contribution in [2.75, 3.05) is 0 Å². The van der Waals surface area contributed by atoms with Crippen LogP contribution in [0.1, 0.15) is 24.2 Å². The molecule has 8 nitrogen and oxygen atoms in total. The van der Waals surface area contributed by atoms with Crippen molar-refractivity contribution >= 4 is 16.9 Å². The van der Waals surface area contributed by atoms with Gasteiger partial charge in [0.05, 0.1) is 23.5 Å². The maximum Gasteiger partial charge on any atom is 0.387 e. The van der Waals surface area contributed by atoms with E-state index in [2.05, 4.69) is 30.1 Å². The summed E-state index contributed by atoms with van der Waals surface area (Å²) in [5, 5.41) is 7.25. The number of alkyl halides is 2. The molecule has 0 atom stereocenters. The predicted molar refractivity (Wildman–Crippen MR) is 109 cm³/mol. The van der Waals surface area contributed by atoms with E-state index < -0.39 is 12.4 Å². The molecule has 4 rings (SSSR count). The van der Waals surface area contributed by atoms with E-state index in [1.165, 1.54) is 29.1 Å². The van der Waals surface area contributed by atoms with Gasteiger partial charge in [-0.2, -0.15) is 18.6 Å². The number of nitrogens with one attached hydrogen (secondary N) is 1. The highest BCUT2D eigenvalue weighted by atomic mass is 19.3. The molecule has 1 N–H and O–H groups in total. The molecule has 0 bridgehead atoms. The SMILES string of the molecule is CC(C)NC(=O)c1cnc2c(-c3cccc(OC(F)F)c3)nn(-c3ncc(F)cn3)c2c1. The second kappa shape index (κ2) is 8.61. The molecule has 11 heteroatoms. The summed E-state index contributed by atoms with van der Waals surface area (Å²) in [4.78, 5) is 24.7. The van der Waals surface area contributed by atoms with Crippen LogP contribution >= 0.6 is 0 Å². The third-order valence-electron chi connectivity index (χ3n) is 4.33. The largest absolute Gasteiger partial charge is 0.435 e. The van der Waals surface area contributed by atoms with Gasteiger partial charge in [0, 0.05) is 17.8 Å². The standard InChI is InChI=1S/C21H17F3N6O2/c1-11(2)28-19(31)13-7-16-18(25-8-13)17(12-4-3-5-15(6-12)32-20(23)24)29-30(16)21-26-9-14(22)10-27-21/h3-11,20H,1-2H3,(H,28,31). The molecule has 0 aliphatic rings. The van der Waals surface area contributed by atoms with Gasteiger partial charge in [0.1, 0.15) is 17.0 Å². The average molecular weight is 442 g/mol. The minimum atomic E-state index is -2.98. The molecule has 0 aliphatic carbocycles. The van der Waals surface area contributed by atoms with Gasteiger partial charge in [-0.05, 0) is 32.0 Å². The highest BCUT2D eigenvalue weighted by molar-refractivity contribution is 5.99. The van der Waals surface area contributed by atoms with Gasteiger partial charge in [-0.1, -0.05) is 12.1 Å². The molecule has 1 aromatic carbocycles. The van der Waals surface area contributed by atoms with E-state index in [9.17, 15) is 18.0 Å². The van der Waals surface area contributed by atoms with Crippen molar-refractivity contribution in [2.24, 2.45) is 0 Å². The van der Waals surface area contributed by atoms with Crippen molar-refractivity contribution in [3.8, 4) is 23.0 Å². The number of aromatic nitrogens is 5. The van der Waals surface area contributed by atoms with Gasteiger partial charge in [0.2, 0.25) is 0 Å². The Bertz CT molecular complexity index is 1270. The lowest BCUT2D eigenvalue weighted by atomic mass is 10.1. The number of ether oxygens (including phenoxy) is 1. The molecule has 0 saturated carbocycles. The fraction of sp³-hybridized carbons (Fsp3) is 0.190. The topological polar surface area (TPSA) is 94.8 Å². The zero-order valence-corrected chi connectivity index (χ0v) is 17.0. The number of nitrogens with zero attached hydrogens (tertiary/aromatic N) is 5. The molecular formula is C21H17F3N6O2. The maximum atomic E-state index is 13.3. The lowest BCUT2D eigenvalue weighted by Gasteiger charge is -2.08. The van der Waals surface area contributed by atoms with Crippen LogP contribution in [-0.4, -0.2) is 43.3 Å². The quantitative estimate of drug-likeness (QED) is 0.489. The molecule has 164 valence electrons. The van der Waals surface area contributed by atoms with Gasteiger partial charge in [-0.3, -0.25) is 9.78 Å². The summed E-state index contributed by atoms with van der Waals surface area (Å²) < 4.78 is 44.4. The van der Waals surface area contributed by atoms with Crippen LogP contribution in [0.15, 0.2) is 48.9 Å². The molecule has 1 amide bonds. The number of hydrogen-bond acceptors (Lipinski definition) is 6. The Balaban J connectivity index is 1.89. The van der Waals surface area contributed by atoms with E-state index in [-0.39, 0.29) is 29.2 Å². The van der Waals surface area contributed by atoms with Crippen LogP contribution in [0.5, 0.6) is 5.75 Å². The third-order valence-corrected chi connectivity index (χ3v) is 4.33. The van der Waals surface area contributed by atoms with Crippen molar-refractivity contribution < 1.29 is 22.7 Å². The van der Waals surface area contributed by atoms with Gasteiger partial charge in [-0.15, -0.1) is 0 Å². The number of amides is 1. The predicted octanol–water partition coefficient (Wildman–Crippen LogP) is 3.76. The highest BCUT2D eigenvalue weighted by Crippen LogP contribution is 2.30. The summed E-state index contributed by atoms with van der Waals surface area (Å²) in [6.07, 6.45) is 3.35. The minimum Gasteiger partial charge on any atom is -0.435 e. The summed E-state index contributed by atoms with van der Waals surface area (Å²) >= 11 is 0. The molecule has 0 unspecified atom stereocenters. The first-order valence-electron chi connectivity index (χ1n) is 9.54. The van der Waals surface area contributed by atoms with Crippen molar-refractivity contribution in [3.05, 3.63) is 60.3 Å². The normalized spacial score (nSPS) is 11.3. The van der Waals surface area contributed by atoms with E-state index >= 15 is 0 Å². The van der Waals surface area contributed by atoms with Crippen molar-refractivity contribution in [1.29, 1.82) is 0 Å². The average Bonchev–Trinajstić information content (AvgIpc) is 3.12. The Morgan fingerprint density at radius 3 is 2.53 bits per heavy atom. The molecule has 0 radical (unpaired) electrons. The minimum absolute atomic E-state index is 0.0471. The van der Waals surface area contributed by atoms with E-state index in [0.29, 0.717) is 22.3 Å². The van der Waals surface area contributed by atoms with Gasteiger partial charge in [-0.25, -0.2) is 14.4 Å². The summed E-state index contributed by atoms with van der Waals surface area (Å²) in [7, 11) is 0. The molecule has 0 aliphatic heterocycles. The maximum absolute atomic E-state index is 13.3. The second-order valence-corrected chi connectivity index (χ2v) is 7.09. The molecule has 0 spiro atoms. The molecule has 0 fully saturated rings. The lowest BCUT2D eigenvalue weighted by molar-refractivity contribution is -0.0498. The number of benzene rings is 1. The Hall–Kier alpha value is -4.02. The molecule has 3 aromatic heterocycles. The van der Waals surface area contributed by atoms with E-state index in [0.717, 1.165) is 12.4 Å². The van der Waals surface area contributed by atoms with Crippen molar-refractivity contribution in [3.63, 3.8) is 0 Å². The Morgan fingerprint density at radius 1 is 1.09 bits per heavy atom. The number of rotatable bonds is 6. The van der Waals surface area contributed by atoms with Crippen LogP contribution in [0.25, 0.3) is 28.2 Å². The monoisotopic (exact) mass is 442 g/mol. The summed E-state index contributed by atoms with van der Waals surface area (Å²) in [6, 6.07) is 7.44. The van der Waals surface area contributed by atoms with E-state index in [1.54, 1.807) is 12.1 Å². The van der Waals surface area contributed by atoms with Crippen LogP contribution in [0.4, 0.5) is 13.2 Å². The fourth-order valence-corrected chi connectivity index (χ4v) is 3.05.